The van der Waals surface area contributed by atoms with Crippen LogP contribution in [0.4, 0.5) is 5.69 Å². The molecule has 1 unspecified atom stereocenters. The topological polar surface area (TPSA) is 44.4 Å². The highest BCUT2D eigenvalue weighted by molar-refractivity contribution is 5.82. The Hall–Kier alpha value is -1.55. The Morgan fingerprint density at radius 2 is 2.10 bits per heavy atom. The Kier molecular flexibility index (Phi) is 5.23. The van der Waals surface area contributed by atoms with Gasteiger partial charge >= 0.3 is 0 Å². The van der Waals surface area contributed by atoms with Crippen molar-refractivity contribution in [1.82, 2.24) is 10.6 Å². The smallest absolute Gasteiger partial charge is 0.237 e. The Morgan fingerprint density at radius 3 is 2.76 bits per heavy atom. The van der Waals surface area contributed by atoms with Crippen molar-refractivity contribution in [3.8, 4) is 0 Å². The molecule has 0 spiro atoms. The quantitative estimate of drug-likeness (QED) is 0.871. The van der Waals surface area contributed by atoms with Crippen molar-refractivity contribution in [2.75, 3.05) is 31.6 Å². The van der Waals surface area contributed by atoms with E-state index in [1.807, 2.05) is 25.2 Å². The molecule has 0 radical (unpaired) electrons. The number of para-hydroxylation sites is 1. The van der Waals surface area contributed by atoms with Crippen LogP contribution in [0.3, 0.4) is 0 Å². The van der Waals surface area contributed by atoms with Crippen LogP contribution in [-0.4, -0.2) is 38.6 Å². The van der Waals surface area contributed by atoms with E-state index in [1.54, 1.807) is 0 Å². The van der Waals surface area contributed by atoms with E-state index >= 15 is 0 Å². The zero-order valence-electron chi connectivity index (χ0n) is 13.4. The molecule has 0 aliphatic carbocycles. The second kappa shape index (κ2) is 6.94. The fraction of sp³-hybridized carbons (Fsp3) is 0.588. The standard InChI is InChI=1S/C17H27N3O/c1-17(2)10-7-11-18-15(17)16(21)19-12-13-20(3)14-8-5-4-6-9-14/h4-6,8-9,15,18H,7,10-13H2,1-3H3,(H,19,21). The number of hydrogen-bond acceptors (Lipinski definition) is 3. The first-order chi connectivity index (χ1) is 10.0. The van der Waals surface area contributed by atoms with Gasteiger partial charge in [-0.1, -0.05) is 32.0 Å². The Bertz CT molecular complexity index is 458. The molecule has 1 saturated heterocycles. The normalized spacial score (nSPS) is 20.8. The minimum Gasteiger partial charge on any atom is -0.373 e. The molecule has 1 aromatic rings. The van der Waals surface area contributed by atoms with Crippen molar-refractivity contribution in [1.29, 1.82) is 0 Å². The van der Waals surface area contributed by atoms with Crippen molar-refractivity contribution in [3.05, 3.63) is 30.3 Å². The molecule has 1 aliphatic rings. The number of anilines is 1. The number of likely N-dealkylation sites (N-methyl/N-ethyl adjacent to an activating group) is 1. The number of hydrogen-bond donors (Lipinski definition) is 2. The summed E-state index contributed by atoms with van der Waals surface area (Å²) in [5.74, 6) is 0.126. The molecule has 4 heteroatoms. The monoisotopic (exact) mass is 289 g/mol. The lowest BCUT2D eigenvalue weighted by Crippen LogP contribution is -2.56. The van der Waals surface area contributed by atoms with Crippen LogP contribution in [0.25, 0.3) is 0 Å². The van der Waals surface area contributed by atoms with E-state index in [0.717, 1.165) is 25.9 Å². The lowest BCUT2D eigenvalue weighted by molar-refractivity contribution is -0.126. The maximum Gasteiger partial charge on any atom is 0.237 e. The van der Waals surface area contributed by atoms with Crippen LogP contribution in [-0.2, 0) is 4.79 Å². The molecule has 0 bridgehead atoms. The summed E-state index contributed by atoms with van der Waals surface area (Å²) in [6.07, 6.45) is 2.25. The van der Waals surface area contributed by atoms with Crippen LogP contribution >= 0.6 is 0 Å². The molecule has 1 atom stereocenters. The number of carbonyl (C=O) groups excluding carboxylic acids is 1. The minimum atomic E-state index is -0.0757. The summed E-state index contributed by atoms with van der Waals surface area (Å²) >= 11 is 0. The third-order valence-electron chi connectivity index (χ3n) is 4.33. The first-order valence-corrected chi connectivity index (χ1v) is 7.78. The lowest BCUT2D eigenvalue weighted by atomic mass is 9.77. The molecule has 21 heavy (non-hydrogen) atoms. The van der Waals surface area contributed by atoms with Crippen LogP contribution in [0.15, 0.2) is 30.3 Å². The highest BCUT2D eigenvalue weighted by Gasteiger charge is 2.36. The zero-order valence-corrected chi connectivity index (χ0v) is 13.4. The van der Waals surface area contributed by atoms with E-state index in [2.05, 4.69) is 41.5 Å². The SMILES string of the molecule is CN(CCNC(=O)C1NCCCC1(C)C)c1ccccc1. The maximum atomic E-state index is 12.3. The number of carbonyl (C=O) groups is 1. The van der Waals surface area contributed by atoms with Gasteiger partial charge in [0, 0.05) is 25.8 Å². The van der Waals surface area contributed by atoms with Crippen LogP contribution < -0.4 is 15.5 Å². The fourth-order valence-corrected chi connectivity index (χ4v) is 2.92. The molecule has 4 nitrogen and oxygen atoms in total. The van der Waals surface area contributed by atoms with Crippen molar-refractivity contribution < 1.29 is 4.79 Å². The Balaban J connectivity index is 1.79. The molecule has 2 N–H and O–H groups in total. The van der Waals surface area contributed by atoms with Gasteiger partial charge in [-0.15, -0.1) is 0 Å². The van der Waals surface area contributed by atoms with Gasteiger partial charge in [0.1, 0.15) is 0 Å². The summed E-state index contributed by atoms with van der Waals surface area (Å²) in [5, 5.41) is 6.42. The van der Waals surface area contributed by atoms with Crippen LogP contribution in [0.5, 0.6) is 0 Å². The number of amides is 1. The highest BCUT2D eigenvalue weighted by Crippen LogP contribution is 2.30. The number of benzene rings is 1. The molecular formula is C17H27N3O. The molecular weight excluding hydrogens is 262 g/mol. The van der Waals surface area contributed by atoms with E-state index < -0.39 is 0 Å². The molecule has 1 aromatic carbocycles. The summed E-state index contributed by atoms with van der Waals surface area (Å²) in [5.41, 5.74) is 1.20. The molecule has 116 valence electrons. The van der Waals surface area contributed by atoms with Gasteiger partial charge in [-0.2, -0.15) is 0 Å². The molecule has 0 aromatic heterocycles. The van der Waals surface area contributed by atoms with E-state index in [1.165, 1.54) is 5.69 Å². The average molecular weight is 289 g/mol. The fourth-order valence-electron chi connectivity index (χ4n) is 2.92. The highest BCUT2D eigenvalue weighted by atomic mass is 16.2. The van der Waals surface area contributed by atoms with Gasteiger partial charge < -0.3 is 15.5 Å². The van der Waals surface area contributed by atoms with Crippen LogP contribution in [0.1, 0.15) is 26.7 Å². The third-order valence-corrected chi connectivity index (χ3v) is 4.33. The van der Waals surface area contributed by atoms with Crippen molar-refractivity contribution in [3.63, 3.8) is 0 Å². The van der Waals surface area contributed by atoms with Gasteiger partial charge in [-0.25, -0.2) is 0 Å². The lowest BCUT2D eigenvalue weighted by Gasteiger charge is -2.38. The molecule has 2 rings (SSSR count). The van der Waals surface area contributed by atoms with Crippen molar-refractivity contribution in [2.24, 2.45) is 5.41 Å². The summed E-state index contributed by atoms with van der Waals surface area (Å²) in [6.45, 7) is 6.74. The number of nitrogens with zero attached hydrogens (tertiary/aromatic N) is 1. The molecule has 1 fully saturated rings. The minimum absolute atomic E-state index is 0.0354. The van der Waals surface area contributed by atoms with Gasteiger partial charge in [-0.3, -0.25) is 4.79 Å². The first-order valence-electron chi connectivity index (χ1n) is 7.78. The number of piperidine rings is 1. The van der Waals surface area contributed by atoms with E-state index in [9.17, 15) is 4.79 Å². The van der Waals surface area contributed by atoms with Gasteiger partial charge in [0.05, 0.1) is 6.04 Å². The molecule has 0 saturated carbocycles. The Morgan fingerprint density at radius 1 is 1.38 bits per heavy atom. The summed E-state index contributed by atoms with van der Waals surface area (Å²) in [7, 11) is 2.05. The average Bonchev–Trinajstić information content (AvgIpc) is 2.47. The second-order valence-electron chi connectivity index (χ2n) is 6.53. The van der Waals surface area contributed by atoms with Gasteiger partial charge in [0.25, 0.3) is 0 Å². The van der Waals surface area contributed by atoms with Crippen LogP contribution in [0, 0.1) is 5.41 Å². The van der Waals surface area contributed by atoms with E-state index in [0.29, 0.717) is 6.54 Å². The molecule has 1 aliphatic heterocycles. The summed E-state index contributed by atoms with van der Waals surface area (Å²) < 4.78 is 0. The predicted octanol–water partition coefficient (Wildman–Crippen LogP) is 2.02. The van der Waals surface area contributed by atoms with Gasteiger partial charge in [0.15, 0.2) is 0 Å². The first kappa shape index (κ1) is 15.8. The largest absolute Gasteiger partial charge is 0.373 e. The predicted molar refractivity (Wildman–Crippen MR) is 87.5 cm³/mol. The van der Waals surface area contributed by atoms with Crippen molar-refractivity contribution >= 4 is 11.6 Å². The van der Waals surface area contributed by atoms with Crippen LogP contribution in [0.2, 0.25) is 0 Å². The molecule has 1 heterocycles. The van der Waals surface area contributed by atoms with E-state index in [4.69, 9.17) is 0 Å². The Labute approximate surface area is 127 Å². The molecule has 1 amide bonds. The third kappa shape index (κ3) is 4.21. The maximum absolute atomic E-state index is 12.3. The van der Waals surface area contributed by atoms with Crippen molar-refractivity contribution in [2.45, 2.75) is 32.7 Å². The summed E-state index contributed by atoms with van der Waals surface area (Å²) in [4.78, 5) is 14.5. The number of nitrogens with one attached hydrogen (secondary N) is 2. The van der Waals surface area contributed by atoms with E-state index in [-0.39, 0.29) is 17.4 Å². The van der Waals surface area contributed by atoms with Gasteiger partial charge in [-0.05, 0) is 36.9 Å². The number of rotatable bonds is 5. The zero-order chi connectivity index (χ0) is 15.3. The van der Waals surface area contributed by atoms with Gasteiger partial charge in [0.2, 0.25) is 5.91 Å². The summed E-state index contributed by atoms with van der Waals surface area (Å²) in [6, 6.07) is 10.1. The second-order valence-corrected chi connectivity index (χ2v) is 6.53.